The number of benzene rings is 2. The predicted molar refractivity (Wildman–Crippen MR) is 80.9 cm³/mol. The molecule has 3 heteroatoms. The Labute approximate surface area is 120 Å². The van der Waals surface area contributed by atoms with Crippen LogP contribution in [0.15, 0.2) is 48.5 Å². The third-order valence-corrected chi connectivity index (χ3v) is 3.25. The summed E-state index contributed by atoms with van der Waals surface area (Å²) in [4.78, 5) is 2.09. The monoisotopic (exact) mass is 271 g/mol. The highest BCUT2D eigenvalue weighted by Gasteiger charge is 2.15. The summed E-state index contributed by atoms with van der Waals surface area (Å²) in [5, 5.41) is 10.6. The van der Waals surface area contributed by atoms with E-state index in [4.69, 9.17) is 4.74 Å². The lowest BCUT2D eigenvalue weighted by Gasteiger charge is -2.19. The van der Waals surface area contributed by atoms with Crippen LogP contribution in [0.4, 0.5) is 0 Å². The molecule has 0 amide bonds. The number of ether oxygens (including phenoxy) is 1. The van der Waals surface area contributed by atoms with Gasteiger partial charge >= 0.3 is 0 Å². The van der Waals surface area contributed by atoms with Crippen molar-refractivity contribution >= 4 is 0 Å². The molecule has 3 nitrogen and oxygen atoms in total. The number of hydrogen-bond acceptors (Lipinski definition) is 3. The van der Waals surface area contributed by atoms with Crippen LogP contribution in [0.1, 0.15) is 22.8 Å². The molecule has 0 fully saturated rings. The second-order valence-electron chi connectivity index (χ2n) is 5.12. The Morgan fingerprint density at radius 3 is 2.40 bits per heavy atom. The van der Waals surface area contributed by atoms with Crippen molar-refractivity contribution in [2.45, 2.75) is 12.6 Å². The average Bonchev–Trinajstić information content (AvgIpc) is 2.47. The molecule has 0 aromatic heterocycles. The van der Waals surface area contributed by atoms with Crippen LogP contribution in [0.2, 0.25) is 0 Å². The second kappa shape index (κ2) is 6.55. The van der Waals surface area contributed by atoms with Gasteiger partial charge in [0.05, 0.1) is 7.11 Å². The fourth-order valence-corrected chi connectivity index (χ4v) is 2.25. The minimum absolute atomic E-state index is 0.638. The number of hydrogen-bond donors (Lipinski definition) is 1. The Bertz CT molecular complexity index is 552. The molecule has 0 saturated carbocycles. The fourth-order valence-electron chi connectivity index (χ4n) is 2.25. The summed E-state index contributed by atoms with van der Waals surface area (Å²) in [5.41, 5.74) is 2.89. The van der Waals surface area contributed by atoms with Gasteiger partial charge in [0, 0.05) is 6.54 Å². The predicted octanol–water partition coefficient (Wildman–Crippen LogP) is 2.84. The van der Waals surface area contributed by atoms with Gasteiger partial charge in [-0.2, -0.15) is 0 Å². The molecule has 0 bridgehead atoms. The third kappa shape index (κ3) is 3.38. The van der Waals surface area contributed by atoms with Crippen molar-refractivity contribution in [3.63, 3.8) is 0 Å². The maximum absolute atomic E-state index is 10.6. The molecule has 2 rings (SSSR count). The first-order valence-electron chi connectivity index (χ1n) is 6.66. The van der Waals surface area contributed by atoms with Gasteiger partial charge in [0.25, 0.3) is 0 Å². The van der Waals surface area contributed by atoms with E-state index in [0.29, 0.717) is 0 Å². The van der Waals surface area contributed by atoms with E-state index in [0.717, 1.165) is 29.0 Å². The minimum Gasteiger partial charge on any atom is -0.497 e. The average molecular weight is 271 g/mol. The van der Waals surface area contributed by atoms with Crippen molar-refractivity contribution in [1.29, 1.82) is 0 Å². The zero-order chi connectivity index (χ0) is 14.5. The van der Waals surface area contributed by atoms with Crippen LogP contribution in [-0.2, 0) is 6.54 Å². The molecule has 20 heavy (non-hydrogen) atoms. The topological polar surface area (TPSA) is 32.7 Å². The normalized spacial score (nSPS) is 12.4. The van der Waals surface area contributed by atoms with E-state index in [1.165, 1.54) is 0 Å². The van der Waals surface area contributed by atoms with Crippen LogP contribution in [-0.4, -0.2) is 31.2 Å². The van der Waals surface area contributed by atoms with Crippen LogP contribution >= 0.6 is 0 Å². The molecule has 0 spiro atoms. The molecule has 2 aromatic rings. The summed E-state index contributed by atoms with van der Waals surface area (Å²) in [6.07, 6.45) is -0.638. The van der Waals surface area contributed by atoms with Crippen LogP contribution < -0.4 is 4.74 Å². The van der Waals surface area contributed by atoms with E-state index >= 15 is 0 Å². The zero-order valence-corrected chi connectivity index (χ0v) is 12.2. The molecule has 0 heterocycles. The number of rotatable bonds is 5. The molecular formula is C17H21NO2. The summed E-state index contributed by atoms with van der Waals surface area (Å²) < 4.78 is 5.28. The van der Waals surface area contributed by atoms with E-state index in [1.807, 2.05) is 62.6 Å². The molecule has 0 unspecified atom stereocenters. The van der Waals surface area contributed by atoms with Gasteiger partial charge in [-0.05, 0) is 42.9 Å². The Morgan fingerprint density at radius 1 is 1.10 bits per heavy atom. The second-order valence-corrected chi connectivity index (χ2v) is 5.12. The van der Waals surface area contributed by atoms with Crippen molar-refractivity contribution in [2.24, 2.45) is 0 Å². The minimum atomic E-state index is -0.638. The maximum atomic E-state index is 10.6. The first kappa shape index (κ1) is 14.6. The van der Waals surface area contributed by atoms with Gasteiger partial charge in [0.2, 0.25) is 0 Å². The standard InChI is InChI=1S/C17H21NO2/c1-18(2)12-14-9-10-15(20-3)11-16(14)17(19)13-7-5-4-6-8-13/h4-11,17,19H,12H2,1-3H3/t17-/m0/s1. The number of aliphatic hydroxyl groups excluding tert-OH is 1. The Hall–Kier alpha value is -1.84. The molecule has 1 atom stereocenters. The smallest absolute Gasteiger partial charge is 0.119 e. The number of nitrogens with zero attached hydrogens (tertiary/aromatic N) is 1. The van der Waals surface area contributed by atoms with Gasteiger partial charge < -0.3 is 14.7 Å². The summed E-state index contributed by atoms with van der Waals surface area (Å²) >= 11 is 0. The van der Waals surface area contributed by atoms with Gasteiger partial charge in [-0.25, -0.2) is 0 Å². The maximum Gasteiger partial charge on any atom is 0.119 e. The van der Waals surface area contributed by atoms with E-state index in [1.54, 1.807) is 7.11 Å². The molecule has 0 saturated heterocycles. The van der Waals surface area contributed by atoms with E-state index in [2.05, 4.69) is 4.90 Å². The summed E-state index contributed by atoms with van der Waals surface area (Å²) in [6, 6.07) is 15.5. The highest BCUT2D eigenvalue weighted by molar-refractivity contribution is 5.41. The van der Waals surface area contributed by atoms with Crippen LogP contribution in [0.25, 0.3) is 0 Å². The highest BCUT2D eigenvalue weighted by atomic mass is 16.5. The third-order valence-electron chi connectivity index (χ3n) is 3.25. The van der Waals surface area contributed by atoms with Crippen molar-refractivity contribution < 1.29 is 9.84 Å². The molecular weight excluding hydrogens is 250 g/mol. The Balaban J connectivity index is 2.41. The summed E-state index contributed by atoms with van der Waals surface area (Å²) in [5.74, 6) is 0.762. The van der Waals surface area contributed by atoms with Crippen molar-refractivity contribution in [3.05, 3.63) is 65.2 Å². The quantitative estimate of drug-likeness (QED) is 0.907. The largest absolute Gasteiger partial charge is 0.497 e. The van der Waals surface area contributed by atoms with Gasteiger partial charge in [0.15, 0.2) is 0 Å². The molecule has 0 aliphatic heterocycles. The van der Waals surface area contributed by atoms with Crippen LogP contribution in [0.3, 0.4) is 0 Å². The molecule has 0 aliphatic rings. The SMILES string of the molecule is COc1ccc(CN(C)C)c([C@@H](O)c2ccccc2)c1. The van der Waals surface area contributed by atoms with Gasteiger partial charge in [-0.15, -0.1) is 0 Å². The van der Waals surface area contributed by atoms with Gasteiger partial charge in [0.1, 0.15) is 11.9 Å². The van der Waals surface area contributed by atoms with E-state index in [9.17, 15) is 5.11 Å². The number of aliphatic hydroxyl groups is 1. The lowest BCUT2D eigenvalue weighted by Crippen LogP contribution is -2.14. The van der Waals surface area contributed by atoms with Gasteiger partial charge in [-0.3, -0.25) is 0 Å². The first-order valence-corrected chi connectivity index (χ1v) is 6.66. The molecule has 0 radical (unpaired) electrons. The molecule has 1 N–H and O–H groups in total. The zero-order valence-electron chi connectivity index (χ0n) is 12.2. The Kier molecular flexibility index (Phi) is 4.77. The van der Waals surface area contributed by atoms with Gasteiger partial charge in [-0.1, -0.05) is 36.4 Å². The number of methoxy groups -OCH3 is 1. The molecule has 2 aromatic carbocycles. The lowest BCUT2D eigenvalue weighted by atomic mass is 9.96. The van der Waals surface area contributed by atoms with Crippen molar-refractivity contribution in [1.82, 2.24) is 4.90 Å². The lowest BCUT2D eigenvalue weighted by molar-refractivity contribution is 0.217. The summed E-state index contributed by atoms with van der Waals surface area (Å²) in [6.45, 7) is 0.781. The van der Waals surface area contributed by atoms with E-state index in [-0.39, 0.29) is 0 Å². The van der Waals surface area contributed by atoms with Crippen LogP contribution in [0.5, 0.6) is 5.75 Å². The highest BCUT2D eigenvalue weighted by Crippen LogP contribution is 2.29. The van der Waals surface area contributed by atoms with Crippen molar-refractivity contribution in [2.75, 3.05) is 21.2 Å². The first-order chi connectivity index (χ1) is 9.61. The summed E-state index contributed by atoms with van der Waals surface area (Å²) in [7, 11) is 5.67. The molecule has 0 aliphatic carbocycles. The molecule has 106 valence electrons. The fraction of sp³-hybridized carbons (Fsp3) is 0.294. The van der Waals surface area contributed by atoms with Crippen molar-refractivity contribution in [3.8, 4) is 5.75 Å². The van der Waals surface area contributed by atoms with Crippen LogP contribution in [0, 0.1) is 0 Å². The Morgan fingerprint density at radius 2 is 1.80 bits per heavy atom. The van der Waals surface area contributed by atoms with E-state index < -0.39 is 6.10 Å².